The number of amides is 1. The number of hydrogen-bond acceptors (Lipinski definition) is 1. The van der Waals surface area contributed by atoms with Crippen molar-refractivity contribution < 1.29 is 4.79 Å². The van der Waals surface area contributed by atoms with E-state index < -0.39 is 0 Å². The van der Waals surface area contributed by atoms with Gasteiger partial charge in [-0.15, -0.1) is 0 Å². The second kappa shape index (κ2) is 3.74. The van der Waals surface area contributed by atoms with Crippen LogP contribution in [0.3, 0.4) is 0 Å². The molecule has 0 aromatic rings. The van der Waals surface area contributed by atoms with E-state index in [1.54, 1.807) is 11.8 Å². The fraction of sp³-hybridized carbons (Fsp3) is 0.700. The monoisotopic (exact) mass is 169 g/mol. The zero-order chi connectivity index (χ0) is 9.94. The summed E-state index contributed by atoms with van der Waals surface area (Å²) in [5, 5.41) is 0. The van der Waals surface area contributed by atoms with Gasteiger partial charge in [0.1, 0.15) is 0 Å². The van der Waals surface area contributed by atoms with E-state index in [0.29, 0.717) is 5.57 Å². The van der Waals surface area contributed by atoms with E-state index in [9.17, 15) is 4.79 Å². The predicted molar refractivity (Wildman–Crippen MR) is 51.9 cm³/mol. The normalized spacial score (nSPS) is 11.1. The van der Waals surface area contributed by atoms with Gasteiger partial charge in [-0.1, -0.05) is 27.4 Å². The van der Waals surface area contributed by atoms with Crippen molar-refractivity contribution in [2.24, 2.45) is 5.41 Å². The van der Waals surface area contributed by atoms with Gasteiger partial charge in [0.15, 0.2) is 0 Å². The average Bonchev–Trinajstić information content (AvgIpc) is 1.82. The number of rotatable bonds is 2. The summed E-state index contributed by atoms with van der Waals surface area (Å²) in [5.74, 6) is 0.0323. The quantitative estimate of drug-likeness (QED) is 0.579. The van der Waals surface area contributed by atoms with Crippen molar-refractivity contribution in [2.45, 2.75) is 27.7 Å². The first-order chi connectivity index (χ1) is 5.24. The average molecular weight is 169 g/mol. The number of nitrogens with zero attached hydrogens (tertiary/aromatic N) is 1. The minimum absolute atomic E-state index is 0.0323. The van der Waals surface area contributed by atoms with E-state index >= 15 is 0 Å². The fourth-order valence-electron chi connectivity index (χ4n) is 1.11. The lowest BCUT2D eigenvalue weighted by molar-refractivity contribution is -0.126. The molecule has 0 N–H and O–H groups in total. The molecule has 2 heteroatoms. The first-order valence-corrected chi connectivity index (χ1v) is 4.15. The number of carbonyl (C=O) groups excluding carboxylic acids is 1. The van der Waals surface area contributed by atoms with E-state index in [2.05, 4.69) is 27.4 Å². The van der Waals surface area contributed by atoms with Gasteiger partial charge in [0, 0.05) is 19.2 Å². The van der Waals surface area contributed by atoms with Gasteiger partial charge >= 0.3 is 0 Å². The Morgan fingerprint density at radius 3 is 2.08 bits per heavy atom. The van der Waals surface area contributed by atoms with Crippen molar-refractivity contribution in [1.29, 1.82) is 0 Å². The maximum atomic E-state index is 11.3. The van der Waals surface area contributed by atoms with Crippen LogP contribution in [0, 0.1) is 5.41 Å². The maximum Gasteiger partial charge on any atom is 0.248 e. The minimum Gasteiger partial charge on any atom is -0.341 e. The Hall–Kier alpha value is -0.790. The van der Waals surface area contributed by atoms with E-state index in [1.165, 1.54) is 0 Å². The van der Waals surface area contributed by atoms with Crippen molar-refractivity contribution in [2.75, 3.05) is 13.6 Å². The highest BCUT2D eigenvalue weighted by Crippen LogP contribution is 2.14. The second-order valence-electron chi connectivity index (χ2n) is 4.50. The summed E-state index contributed by atoms with van der Waals surface area (Å²) in [6.45, 7) is 12.4. The van der Waals surface area contributed by atoms with Crippen molar-refractivity contribution in [3.05, 3.63) is 12.2 Å². The Morgan fingerprint density at radius 2 is 1.83 bits per heavy atom. The third-order valence-corrected chi connectivity index (χ3v) is 1.42. The number of carbonyl (C=O) groups is 1. The molecule has 0 aliphatic rings. The molecule has 12 heavy (non-hydrogen) atoms. The molecule has 1 amide bonds. The summed E-state index contributed by atoms with van der Waals surface area (Å²) in [4.78, 5) is 13.1. The largest absolute Gasteiger partial charge is 0.341 e. The van der Waals surface area contributed by atoms with Gasteiger partial charge in [-0.25, -0.2) is 0 Å². The lowest BCUT2D eigenvalue weighted by Crippen LogP contribution is -2.34. The van der Waals surface area contributed by atoms with Crippen LogP contribution in [0.5, 0.6) is 0 Å². The molecule has 2 nitrogen and oxygen atoms in total. The Labute approximate surface area is 75.3 Å². The van der Waals surface area contributed by atoms with Gasteiger partial charge in [-0.2, -0.15) is 0 Å². The van der Waals surface area contributed by atoms with Gasteiger partial charge in [-0.05, 0) is 12.3 Å². The van der Waals surface area contributed by atoms with Crippen molar-refractivity contribution in [1.82, 2.24) is 4.90 Å². The molecule has 0 spiro atoms. The van der Waals surface area contributed by atoms with Crippen molar-refractivity contribution in [3.8, 4) is 0 Å². The molecule has 70 valence electrons. The van der Waals surface area contributed by atoms with Crippen molar-refractivity contribution >= 4 is 5.91 Å². The highest BCUT2D eigenvalue weighted by molar-refractivity contribution is 5.91. The molecule has 0 rings (SSSR count). The molecule has 0 aliphatic heterocycles. The molecule has 0 atom stereocenters. The zero-order valence-electron chi connectivity index (χ0n) is 8.77. The first-order valence-electron chi connectivity index (χ1n) is 4.15. The Balaban J connectivity index is 4.14. The van der Waals surface area contributed by atoms with Gasteiger partial charge in [0.2, 0.25) is 5.91 Å². The summed E-state index contributed by atoms with van der Waals surface area (Å²) in [5.41, 5.74) is 0.751. The Bertz CT molecular complexity index is 189. The molecule has 0 heterocycles. The molecule has 0 aromatic carbocycles. The van der Waals surface area contributed by atoms with Crippen LogP contribution in [-0.2, 0) is 4.79 Å². The molecule has 0 saturated carbocycles. The molecule has 0 radical (unpaired) electrons. The molecule has 0 saturated heterocycles. The van der Waals surface area contributed by atoms with E-state index in [-0.39, 0.29) is 11.3 Å². The molecule has 0 aromatic heterocycles. The van der Waals surface area contributed by atoms with Crippen LogP contribution in [-0.4, -0.2) is 24.4 Å². The number of hydrogen-bond donors (Lipinski definition) is 0. The Kier molecular flexibility index (Phi) is 3.50. The van der Waals surface area contributed by atoms with Crippen molar-refractivity contribution in [3.63, 3.8) is 0 Å². The first kappa shape index (κ1) is 11.2. The summed E-state index contributed by atoms with van der Waals surface area (Å²) < 4.78 is 0. The van der Waals surface area contributed by atoms with E-state index in [4.69, 9.17) is 0 Å². The molecular weight excluding hydrogens is 150 g/mol. The van der Waals surface area contributed by atoms with Gasteiger partial charge < -0.3 is 4.90 Å². The van der Waals surface area contributed by atoms with E-state index in [0.717, 1.165) is 6.54 Å². The maximum absolute atomic E-state index is 11.3. The zero-order valence-corrected chi connectivity index (χ0v) is 8.77. The van der Waals surface area contributed by atoms with Crippen LogP contribution >= 0.6 is 0 Å². The highest BCUT2D eigenvalue weighted by atomic mass is 16.2. The molecule has 0 bridgehead atoms. The topological polar surface area (TPSA) is 20.3 Å². The second-order valence-corrected chi connectivity index (χ2v) is 4.50. The van der Waals surface area contributed by atoms with Crippen LogP contribution in [0.4, 0.5) is 0 Å². The lowest BCUT2D eigenvalue weighted by Gasteiger charge is -2.26. The summed E-state index contributed by atoms with van der Waals surface area (Å²) in [7, 11) is 1.81. The van der Waals surface area contributed by atoms with Gasteiger partial charge in [0.05, 0.1) is 0 Å². The summed E-state index contributed by atoms with van der Waals surface area (Å²) in [6, 6.07) is 0. The van der Waals surface area contributed by atoms with Crippen LogP contribution < -0.4 is 0 Å². The van der Waals surface area contributed by atoms with Gasteiger partial charge in [-0.3, -0.25) is 4.79 Å². The SMILES string of the molecule is C=C(C)C(=O)N(C)CC(C)(C)C. The minimum atomic E-state index is 0.0323. The molecule has 0 fully saturated rings. The van der Waals surface area contributed by atoms with E-state index in [1.807, 2.05) is 7.05 Å². The molecular formula is C10H19NO. The van der Waals surface area contributed by atoms with Crippen LogP contribution in [0.25, 0.3) is 0 Å². The predicted octanol–water partition coefficient (Wildman–Crippen LogP) is 2.07. The highest BCUT2D eigenvalue weighted by Gasteiger charge is 2.17. The summed E-state index contributed by atoms with van der Waals surface area (Å²) in [6.07, 6.45) is 0. The third kappa shape index (κ3) is 4.16. The standard InChI is InChI=1S/C10H19NO/c1-8(2)9(12)11(6)7-10(3,4)5/h1,7H2,2-6H3. The summed E-state index contributed by atoms with van der Waals surface area (Å²) >= 11 is 0. The smallest absolute Gasteiger partial charge is 0.248 e. The van der Waals surface area contributed by atoms with Crippen LogP contribution in [0.2, 0.25) is 0 Å². The molecule has 0 unspecified atom stereocenters. The lowest BCUT2D eigenvalue weighted by atomic mass is 9.96. The van der Waals surface area contributed by atoms with Crippen LogP contribution in [0.15, 0.2) is 12.2 Å². The fourth-order valence-corrected chi connectivity index (χ4v) is 1.11. The number of likely N-dealkylation sites (N-methyl/N-ethyl adjacent to an activating group) is 1. The van der Waals surface area contributed by atoms with Gasteiger partial charge in [0.25, 0.3) is 0 Å². The third-order valence-electron chi connectivity index (χ3n) is 1.42. The van der Waals surface area contributed by atoms with Crippen LogP contribution in [0.1, 0.15) is 27.7 Å². The molecule has 0 aliphatic carbocycles. The Morgan fingerprint density at radius 1 is 1.42 bits per heavy atom.